The number of hydrogen-bond acceptors (Lipinski definition) is 3. The van der Waals surface area contributed by atoms with E-state index < -0.39 is 0 Å². The van der Waals surface area contributed by atoms with E-state index in [2.05, 4.69) is 15.6 Å². The number of guanidine groups is 1. The second-order valence-corrected chi connectivity index (χ2v) is 2.92. The molecule has 0 bridgehead atoms. The molecule has 0 aliphatic carbocycles. The summed E-state index contributed by atoms with van der Waals surface area (Å²) in [6, 6.07) is 3.71. The normalized spacial score (nSPS) is 10.8. The number of aliphatic hydroxyl groups is 1. The van der Waals surface area contributed by atoms with E-state index in [0.29, 0.717) is 19.0 Å². The summed E-state index contributed by atoms with van der Waals surface area (Å²) in [5.41, 5.74) is 0. The first-order valence-corrected chi connectivity index (χ1v) is 5.02. The second kappa shape index (κ2) is 9.46. The summed E-state index contributed by atoms with van der Waals surface area (Å²) in [6.07, 6.45) is 1.62. The minimum atomic E-state index is 0. The maximum absolute atomic E-state index is 8.67. The van der Waals surface area contributed by atoms with Gasteiger partial charge in [-0.05, 0) is 19.1 Å². The number of furan rings is 1. The molecule has 92 valence electrons. The Kier molecular flexibility index (Phi) is 9.02. The summed E-state index contributed by atoms with van der Waals surface area (Å²) in [4.78, 5) is 4.28. The summed E-state index contributed by atoms with van der Waals surface area (Å²) in [5, 5.41) is 14.7. The molecule has 1 heterocycles. The zero-order valence-corrected chi connectivity index (χ0v) is 11.6. The van der Waals surface area contributed by atoms with Gasteiger partial charge in [-0.25, -0.2) is 4.99 Å². The van der Waals surface area contributed by atoms with Crippen LogP contribution >= 0.6 is 24.0 Å². The number of halogens is 1. The third-order valence-electron chi connectivity index (χ3n) is 1.72. The van der Waals surface area contributed by atoms with Gasteiger partial charge >= 0.3 is 0 Å². The van der Waals surface area contributed by atoms with Crippen molar-refractivity contribution in [3.8, 4) is 0 Å². The van der Waals surface area contributed by atoms with Crippen LogP contribution in [0.25, 0.3) is 0 Å². The lowest BCUT2D eigenvalue weighted by Crippen LogP contribution is -2.38. The molecule has 0 atom stereocenters. The molecular formula is C10H18IN3O2. The predicted octanol–water partition coefficient (Wildman–Crippen LogP) is 0.945. The quantitative estimate of drug-likeness (QED) is 0.424. The summed E-state index contributed by atoms with van der Waals surface area (Å²) in [7, 11) is 0. The van der Waals surface area contributed by atoms with Crippen molar-refractivity contribution in [3.63, 3.8) is 0 Å². The molecule has 3 N–H and O–H groups in total. The van der Waals surface area contributed by atoms with E-state index in [-0.39, 0.29) is 30.6 Å². The van der Waals surface area contributed by atoms with E-state index in [1.165, 1.54) is 0 Å². The van der Waals surface area contributed by atoms with Crippen molar-refractivity contribution < 1.29 is 9.52 Å². The topological polar surface area (TPSA) is 69.8 Å². The summed E-state index contributed by atoms with van der Waals surface area (Å²) in [6.45, 7) is 3.85. The highest BCUT2D eigenvalue weighted by molar-refractivity contribution is 14.0. The lowest BCUT2D eigenvalue weighted by atomic mass is 10.4. The number of nitrogens with zero attached hydrogens (tertiary/aromatic N) is 1. The van der Waals surface area contributed by atoms with Gasteiger partial charge in [0.2, 0.25) is 0 Å². The summed E-state index contributed by atoms with van der Waals surface area (Å²) < 4.78 is 5.15. The molecule has 6 heteroatoms. The Balaban J connectivity index is 0.00000225. The van der Waals surface area contributed by atoms with E-state index in [0.717, 1.165) is 12.3 Å². The van der Waals surface area contributed by atoms with Crippen molar-refractivity contribution in [2.75, 3.05) is 19.7 Å². The van der Waals surface area contributed by atoms with Crippen LogP contribution < -0.4 is 10.6 Å². The molecule has 0 radical (unpaired) electrons. The zero-order chi connectivity index (χ0) is 10.9. The third-order valence-corrected chi connectivity index (χ3v) is 1.72. The first-order chi connectivity index (χ1) is 7.36. The van der Waals surface area contributed by atoms with Gasteiger partial charge in [0.05, 0.1) is 12.9 Å². The smallest absolute Gasteiger partial charge is 0.191 e. The molecule has 0 amide bonds. The van der Waals surface area contributed by atoms with Gasteiger partial charge in [-0.15, -0.1) is 24.0 Å². The van der Waals surface area contributed by atoms with Crippen LogP contribution in [0, 0.1) is 0 Å². The Bertz CT molecular complexity index is 288. The number of aliphatic imine (C=N–C) groups is 1. The molecule has 16 heavy (non-hydrogen) atoms. The molecule has 1 aromatic rings. The van der Waals surface area contributed by atoms with Crippen molar-refractivity contribution in [1.29, 1.82) is 0 Å². The van der Waals surface area contributed by atoms with Crippen LogP contribution in [0.1, 0.15) is 12.7 Å². The molecule has 1 aromatic heterocycles. The fourth-order valence-electron chi connectivity index (χ4n) is 1.08. The largest absolute Gasteiger partial charge is 0.467 e. The van der Waals surface area contributed by atoms with Gasteiger partial charge in [0, 0.05) is 13.1 Å². The standard InChI is InChI=1S/C10H17N3O2.HI/c1-2-11-10(12-5-6-14)13-8-9-4-3-7-15-9;/h3-4,7,14H,2,5-6,8H2,1H3,(H2,11,12,13);1H. The first kappa shape index (κ1) is 15.2. The van der Waals surface area contributed by atoms with Crippen LogP contribution in [0.2, 0.25) is 0 Å². The highest BCUT2D eigenvalue weighted by atomic mass is 127. The average Bonchev–Trinajstić information content (AvgIpc) is 2.75. The van der Waals surface area contributed by atoms with Crippen molar-refractivity contribution in [1.82, 2.24) is 10.6 Å². The zero-order valence-electron chi connectivity index (χ0n) is 9.27. The van der Waals surface area contributed by atoms with Crippen molar-refractivity contribution in [2.24, 2.45) is 4.99 Å². The van der Waals surface area contributed by atoms with Crippen LogP contribution in [0.4, 0.5) is 0 Å². The average molecular weight is 339 g/mol. The molecule has 0 aromatic carbocycles. The molecule has 0 saturated heterocycles. The van der Waals surface area contributed by atoms with Gasteiger partial charge in [-0.3, -0.25) is 0 Å². The van der Waals surface area contributed by atoms with E-state index in [1.54, 1.807) is 6.26 Å². The van der Waals surface area contributed by atoms with Crippen LogP contribution in [0.15, 0.2) is 27.8 Å². The minimum absolute atomic E-state index is 0. The lowest BCUT2D eigenvalue weighted by molar-refractivity contribution is 0.300. The van der Waals surface area contributed by atoms with E-state index in [1.807, 2.05) is 19.1 Å². The highest BCUT2D eigenvalue weighted by Gasteiger charge is 1.97. The first-order valence-electron chi connectivity index (χ1n) is 5.02. The maximum Gasteiger partial charge on any atom is 0.191 e. The molecule has 0 saturated carbocycles. The Morgan fingerprint density at radius 3 is 2.88 bits per heavy atom. The van der Waals surface area contributed by atoms with Crippen LogP contribution in [0.3, 0.4) is 0 Å². The number of aliphatic hydroxyl groups excluding tert-OH is 1. The number of rotatable bonds is 5. The van der Waals surface area contributed by atoms with Crippen LogP contribution in [-0.2, 0) is 6.54 Å². The van der Waals surface area contributed by atoms with E-state index in [9.17, 15) is 0 Å². The molecule has 0 unspecified atom stereocenters. The molecular weight excluding hydrogens is 321 g/mol. The molecule has 1 rings (SSSR count). The maximum atomic E-state index is 8.67. The number of nitrogens with one attached hydrogen (secondary N) is 2. The van der Waals surface area contributed by atoms with Gasteiger partial charge in [0.15, 0.2) is 5.96 Å². The Morgan fingerprint density at radius 2 is 2.31 bits per heavy atom. The van der Waals surface area contributed by atoms with Crippen molar-refractivity contribution >= 4 is 29.9 Å². The van der Waals surface area contributed by atoms with Gasteiger partial charge in [0.25, 0.3) is 0 Å². The third kappa shape index (κ3) is 5.96. The lowest BCUT2D eigenvalue weighted by Gasteiger charge is -2.09. The SMILES string of the molecule is CCNC(=NCc1ccco1)NCCO.I. The monoisotopic (exact) mass is 339 g/mol. The van der Waals surface area contributed by atoms with Gasteiger partial charge < -0.3 is 20.2 Å². The van der Waals surface area contributed by atoms with Crippen LogP contribution in [0.5, 0.6) is 0 Å². The fourth-order valence-corrected chi connectivity index (χ4v) is 1.08. The van der Waals surface area contributed by atoms with E-state index in [4.69, 9.17) is 9.52 Å². The Labute approximate surface area is 112 Å². The van der Waals surface area contributed by atoms with Crippen molar-refractivity contribution in [2.45, 2.75) is 13.5 Å². The Hall–Kier alpha value is -0.760. The summed E-state index contributed by atoms with van der Waals surface area (Å²) >= 11 is 0. The molecule has 0 spiro atoms. The Morgan fingerprint density at radius 1 is 1.50 bits per heavy atom. The van der Waals surface area contributed by atoms with Crippen LogP contribution in [-0.4, -0.2) is 30.8 Å². The van der Waals surface area contributed by atoms with Gasteiger partial charge in [0.1, 0.15) is 12.3 Å². The molecule has 0 aliphatic rings. The number of hydrogen-bond donors (Lipinski definition) is 3. The summed E-state index contributed by atoms with van der Waals surface area (Å²) in [5.74, 6) is 1.50. The second-order valence-electron chi connectivity index (χ2n) is 2.92. The fraction of sp³-hybridized carbons (Fsp3) is 0.500. The van der Waals surface area contributed by atoms with Gasteiger partial charge in [-0.1, -0.05) is 0 Å². The van der Waals surface area contributed by atoms with Gasteiger partial charge in [-0.2, -0.15) is 0 Å². The van der Waals surface area contributed by atoms with Crippen molar-refractivity contribution in [3.05, 3.63) is 24.2 Å². The molecule has 0 fully saturated rings. The minimum Gasteiger partial charge on any atom is -0.467 e. The van der Waals surface area contributed by atoms with E-state index >= 15 is 0 Å². The highest BCUT2D eigenvalue weighted by Crippen LogP contribution is 2.00. The molecule has 0 aliphatic heterocycles. The predicted molar refractivity (Wildman–Crippen MR) is 74.0 cm³/mol. The molecule has 5 nitrogen and oxygen atoms in total.